The Morgan fingerprint density at radius 1 is 1.00 bits per heavy atom. The number of halogens is 1. The molecule has 0 fully saturated rings. The van der Waals surface area contributed by atoms with E-state index in [1.165, 1.54) is 6.07 Å². The molecule has 0 atom stereocenters. The van der Waals surface area contributed by atoms with E-state index in [1.807, 2.05) is 47.9 Å². The van der Waals surface area contributed by atoms with Crippen LogP contribution >= 0.6 is 0 Å². The number of nitrogens with zero attached hydrogens (tertiary/aromatic N) is 3. The highest BCUT2D eigenvalue weighted by atomic mass is 19.1. The average molecular weight is 376 g/mol. The summed E-state index contributed by atoms with van der Waals surface area (Å²) >= 11 is 0. The van der Waals surface area contributed by atoms with Crippen LogP contribution in [0.2, 0.25) is 0 Å². The molecule has 4 heterocycles. The third-order valence-corrected chi connectivity index (χ3v) is 4.54. The second-order valence-electron chi connectivity index (χ2n) is 6.57. The van der Waals surface area contributed by atoms with Crippen LogP contribution in [0.25, 0.3) is 17.0 Å². The zero-order valence-electron chi connectivity index (χ0n) is 15.1. The topological polar surface area (TPSA) is 60.7 Å². The molecule has 0 saturated heterocycles. The molecule has 1 aromatic carbocycles. The Balaban J connectivity index is 1.64. The Hall–Kier alpha value is -3.61. The number of benzene rings is 1. The van der Waals surface area contributed by atoms with Gasteiger partial charge in [-0.3, -0.25) is 4.40 Å². The Morgan fingerprint density at radius 3 is 2.71 bits per heavy atom. The van der Waals surface area contributed by atoms with Crippen molar-refractivity contribution in [3.8, 4) is 22.9 Å². The van der Waals surface area contributed by atoms with Gasteiger partial charge >= 0.3 is 0 Å². The predicted molar refractivity (Wildman–Crippen MR) is 104 cm³/mol. The van der Waals surface area contributed by atoms with Gasteiger partial charge in [0.25, 0.3) is 0 Å². The lowest BCUT2D eigenvalue weighted by atomic mass is 10.2. The van der Waals surface area contributed by atoms with Crippen LogP contribution < -0.4 is 14.8 Å². The first-order valence-corrected chi connectivity index (χ1v) is 8.96. The Labute approximate surface area is 160 Å². The Kier molecular flexibility index (Phi) is 3.86. The van der Waals surface area contributed by atoms with E-state index in [0.29, 0.717) is 36.2 Å². The molecule has 0 saturated carbocycles. The van der Waals surface area contributed by atoms with Crippen LogP contribution in [0.5, 0.6) is 11.5 Å². The summed E-state index contributed by atoms with van der Waals surface area (Å²) in [6.07, 6.45) is 1.93. The number of aromatic nitrogens is 3. The summed E-state index contributed by atoms with van der Waals surface area (Å²) in [5.41, 5.74) is 3.67. The largest absolute Gasteiger partial charge is 0.486 e. The fourth-order valence-corrected chi connectivity index (χ4v) is 3.24. The van der Waals surface area contributed by atoms with Crippen molar-refractivity contribution < 1.29 is 13.9 Å². The minimum atomic E-state index is -0.545. The molecular weight excluding hydrogens is 359 g/mol. The van der Waals surface area contributed by atoms with Crippen LogP contribution in [0.15, 0.2) is 54.7 Å². The zero-order chi connectivity index (χ0) is 19.1. The molecule has 1 N–H and O–H groups in total. The van der Waals surface area contributed by atoms with Crippen LogP contribution in [0.4, 0.5) is 15.9 Å². The molecular formula is C21H17FN4O2. The highest BCUT2D eigenvalue weighted by molar-refractivity contribution is 5.78. The average Bonchev–Trinajstić information content (AvgIpc) is 3.05. The van der Waals surface area contributed by atoms with Crippen molar-refractivity contribution in [1.82, 2.24) is 14.4 Å². The summed E-state index contributed by atoms with van der Waals surface area (Å²) in [7, 11) is 0. The Bertz CT molecular complexity index is 1190. The van der Waals surface area contributed by atoms with Crippen molar-refractivity contribution in [2.45, 2.75) is 6.92 Å². The molecule has 1 aliphatic rings. The quantitative estimate of drug-likeness (QED) is 0.539. The smallest absolute Gasteiger partial charge is 0.213 e. The molecule has 4 aromatic rings. The number of imidazole rings is 1. The van der Waals surface area contributed by atoms with Gasteiger partial charge in [0.05, 0.1) is 5.69 Å². The number of anilines is 2. The number of hydrogen-bond donors (Lipinski definition) is 1. The molecule has 1 aliphatic heterocycles. The number of rotatable bonds is 3. The third kappa shape index (κ3) is 2.90. The number of hydrogen-bond acceptors (Lipinski definition) is 5. The van der Waals surface area contributed by atoms with Gasteiger partial charge in [-0.1, -0.05) is 6.07 Å². The fourth-order valence-electron chi connectivity index (χ4n) is 3.24. The van der Waals surface area contributed by atoms with Crippen molar-refractivity contribution in [1.29, 1.82) is 0 Å². The van der Waals surface area contributed by atoms with E-state index in [1.54, 1.807) is 12.1 Å². The molecule has 0 amide bonds. The SMILES string of the molecule is Cc1ccn2c(Nc3ccc4c(c3)OCCO4)c(-c3cccc(F)n3)nc2c1. The van der Waals surface area contributed by atoms with E-state index in [2.05, 4.69) is 15.3 Å². The van der Waals surface area contributed by atoms with Crippen molar-refractivity contribution in [2.75, 3.05) is 18.5 Å². The Morgan fingerprint density at radius 2 is 1.86 bits per heavy atom. The van der Waals surface area contributed by atoms with Gasteiger partial charge in [0.2, 0.25) is 5.95 Å². The third-order valence-electron chi connectivity index (χ3n) is 4.54. The maximum Gasteiger partial charge on any atom is 0.213 e. The minimum absolute atomic E-state index is 0.460. The summed E-state index contributed by atoms with van der Waals surface area (Å²) in [6, 6.07) is 14.3. The molecule has 3 aromatic heterocycles. The van der Waals surface area contributed by atoms with Crippen LogP contribution in [-0.2, 0) is 0 Å². The van der Waals surface area contributed by atoms with Crippen LogP contribution in [-0.4, -0.2) is 27.6 Å². The first kappa shape index (κ1) is 16.6. The van der Waals surface area contributed by atoms with E-state index in [0.717, 1.165) is 22.6 Å². The molecule has 0 aliphatic carbocycles. The highest BCUT2D eigenvalue weighted by Gasteiger charge is 2.18. The molecule has 7 heteroatoms. The molecule has 0 unspecified atom stereocenters. The highest BCUT2D eigenvalue weighted by Crippen LogP contribution is 2.36. The predicted octanol–water partition coefficient (Wildman–Crippen LogP) is 4.36. The minimum Gasteiger partial charge on any atom is -0.486 e. The number of aryl methyl sites for hydroxylation is 1. The standard InChI is InChI=1S/C21H17FN4O2/c1-13-7-8-26-19(11-13)25-20(15-3-2-4-18(22)24-15)21(26)23-14-5-6-16-17(12-14)28-10-9-27-16/h2-8,11-12,23H,9-10H2,1H3. The van der Waals surface area contributed by atoms with Crippen LogP contribution in [0.3, 0.4) is 0 Å². The number of pyridine rings is 2. The maximum absolute atomic E-state index is 13.7. The molecule has 28 heavy (non-hydrogen) atoms. The second kappa shape index (κ2) is 6.53. The maximum atomic E-state index is 13.7. The molecule has 140 valence electrons. The van der Waals surface area contributed by atoms with E-state index >= 15 is 0 Å². The monoisotopic (exact) mass is 376 g/mol. The first-order valence-electron chi connectivity index (χ1n) is 8.96. The van der Waals surface area contributed by atoms with E-state index < -0.39 is 5.95 Å². The zero-order valence-corrected chi connectivity index (χ0v) is 15.1. The lowest BCUT2D eigenvalue weighted by Crippen LogP contribution is -2.15. The normalized spacial score (nSPS) is 12.9. The van der Waals surface area contributed by atoms with E-state index in [9.17, 15) is 4.39 Å². The summed E-state index contributed by atoms with van der Waals surface area (Å²) in [5, 5.41) is 3.39. The van der Waals surface area contributed by atoms with Crippen molar-refractivity contribution in [3.63, 3.8) is 0 Å². The van der Waals surface area contributed by atoms with Crippen molar-refractivity contribution in [2.24, 2.45) is 0 Å². The lowest BCUT2D eigenvalue weighted by molar-refractivity contribution is 0.171. The first-order chi connectivity index (χ1) is 13.7. The van der Waals surface area contributed by atoms with E-state index in [4.69, 9.17) is 9.47 Å². The van der Waals surface area contributed by atoms with Gasteiger partial charge in [-0.05, 0) is 48.9 Å². The van der Waals surface area contributed by atoms with Gasteiger partial charge < -0.3 is 14.8 Å². The lowest BCUT2D eigenvalue weighted by Gasteiger charge is -2.19. The molecule has 0 bridgehead atoms. The fraction of sp³-hybridized carbons (Fsp3) is 0.143. The number of ether oxygens (including phenoxy) is 2. The van der Waals surface area contributed by atoms with Crippen LogP contribution in [0.1, 0.15) is 5.56 Å². The van der Waals surface area contributed by atoms with E-state index in [-0.39, 0.29) is 0 Å². The molecule has 5 rings (SSSR count). The number of nitrogens with one attached hydrogen (secondary N) is 1. The van der Waals surface area contributed by atoms with Crippen molar-refractivity contribution in [3.05, 3.63) is 66.2 Å². The number of fused-ring (bicyclic) bond motifs is 2. The summed E-state index contributed by atoms with van der Waals surface area (Å²) < 4.78 is 26.9. The van der Waals surface area contributed by atoms with Gasteiger partial charge in [0, 0.05) is 18.0 Å². The van der Waals surface area contributed by atoms with Gasteiger partial charge in [-0.15, -0.1) is 0 Å². The second-order valence-corrected chi connectivity index (χ2v) is 6.57. The van der Waals surface area contributed by atoms with Gasteiger partial charge in [0.15, 0.2) is 11.5 Å². The van der Waals surface area contributed by atoms with Crippen molar-refractivity contribution >= 4 is 17.2 Å². The molecule has 6 nitrogen and oxygen atoms in total. The van der Waals surface area contributed by atoms with Crippen LogP contribution in [0, 0.1) is 12.9 Å². The summed E-state index contributed by atoms with van der Waals surface area (Å²) in [5.74, 6) is 1.56. The molecule has 0 radical (unpaired) electrons. The summed E-state index contributed by atoms with van der Waals surface area (Å²) in [4.78, 5) is 8.69. The summed E-state index contributed by atoms with van der Waals surface area (Å²) in [6.45, 7) is 3.06. The van der Waals surface area contributed by atoms with Gasteiger partial charge in [-0.2, -0.15) is 4.39 Å². The van der Waals surface area contributed by atoms with Gasteiger partial charge in [-0.25, -0.2) is 9.97 Å². The van der Waals surface area contributed by atoms with Gasteiger partial charge in [0.1, 0.15) is 30.4 Å². The molecule has 0 spiro atoms.